The van der Waals surface area contributed by atoms with Crippen LogP contribution in [0.1, 0.15) is 0 Å². The van der Waals surface area contributed by atoms with Gasteiger partial charge in [-0.2, -0.15) is 0 Å². The number of aromatic amines is 1. The van der Waals surface area contributed by atoms with Gasteiger partial charge in [0.1, 0.15) is 5.75 Å². The first-order chi connectivity index (χ1) is 31.6. The molecule has 3 heterocycles. The van der Waals surface area contributed by atoms with Gasteiger partial charge >= 0.3 is 0 Å². The monoisotopic (exact) mass is 817 g/mol. The largest absolute Gasteiger partial charge is 0.507 e. The van der Waals surface area contributed by atoms with Crippen molar-refractivity contribution >= 4 is 65.4 Å². The lowest BCUT2D eigenvalue weighted by Gasteiger charge is -2.13. The molecule has 0 aliphatic heterocycles. The number of H-pyrrole nitrogens is 1. The first kappa shape index (κ1) is 36.1. The first-order valence-electron chi connectivity index (χ1n) is 21.8. The van der Waals surface area contributed by atoms with Gasteiger partial charge in [-0.1, -0.05) is 152 Å². The summed E-state index contributed by atoms with van der Waals surface area (Å²) in [7, 11) is 0. The second-order valence-electron chi connectivity index (χ2n) is 16.8. The van der Waals surface area contributed by atoms with Gasteiger partial charge in [0.25, 0.3) is 0 Å². The Hall–Kier alpha value is -8.60. The predicted octanol–water partition coefficient (Wildman–Crippen LogP) is 15.9. The molecule has 0 bridgehead atoms. The molecule has 0 aliphatic carbocycles. The minimum absolute atomic E-state index is 0.281. The van der Waals surface area contributed by atoms with Gasteiger partial charge < -0.3 is 19.2 Å². The Kier molecular flexibility index (Phi) is 8.03. The zero-order chi connectivity index (χ0) is 42.3. The fourth-order valence-corrected chi connectivity index (χ4v) is 10.1. The van der Waals surface area contributed by atoms with E-state index in [9.17, 15) is 5.11 Å². The van der Waals surface area contributed by atoms with Crippen LogP contribution in [0.25, 0.3) is 121 Å². The van der Waals surface area contributed by atoms with Crippen molar-refractivity contribution in [3.63, 3.8) is 0 Å². The summed E-state index contributed by atoms with van der Waals surface area (Å²) in [6.07, 6.45) is 0. The Bertz CT molecular complexity index is 3950. The molecule has 0 amide bonds. The van der Waals surface area contributed by atoms with Crippen LogP contribution in [-0.2, 0) is 0 Å². The smallest absolute Gasteiger partial charge is 0.131 e. The zero-order valence-corrected chi connectivity index (χ0v) is 34.7. The highest BCUT2D eigenvalue weighted by molar-refractivity contribution is 6.14. The molecule has 4 nitrogen and oxygen atoms in total. The molecule has 0 fully saturated rings. The molecule has 13 aromatic rings. The number of aromatic hydroxyl groups is 1. The molecule has 0 aliphatic rings. The molecule has 2 N–H and O–H groups in total. The van der Waals surface area contributed by atoms with Crippen molar-refractivity contribution in [2.24, 2.45) is 0 Å². The number of hydrogen-bond acceptors (Lipinski definition) is 1. The number of para-hydroxylation sites is 4. The summed E-state index contributed by atoms with van der Waals surface area (Å²) >= 11 is 0. The molecule has 3 aromatic heterocycles. The number of rotatable bonds is 6. The molecule has 0 saturated carbocycles. The average Bonchev–Trinajstić information content (AvgIpc) is 4.01. The maximum absolute atomic E-state index is 11.6. The number of phenols is 1. The van der Waals surface area contributed by atoms with Crippen LogP contribution in [0.15, 0.2) is 224 Å². The minimum Gasteiger partial charge on any atom is -0.507 e. The summed E-state index contributed by atoms with van der Waals surface area (Å²) in [5, 5.41) is 18.9. The van der Waals surface area contributed by atoms with E-state index in [4.69, 9.17) is 0 Å². The highest BCUT2D eigenvalue weighted by Crippen LogP contribution is 2.42. The topological polar surface area (TPSA) is 45.9 Å². The summed E-state index contributed by atoms with van der Waals surface area (Å²) < 4.78 is 4.77. The normalized spacial score (nSPS) is 11.8. The first-order valence-corrected chi connectivity index (χ1v) is 21.8. The summed E-state index contributed by atoms with van der Waals surface area (Å²) in [6, 6.07) is 80.0. The van der Waals surface area contributed by atoms with Crippen molar-refractivity contribution in [3.8, 4) is 61.6 Å². The highest BCUT2D eigenvalue weighted by Gasteiger charge is 2.18. The lowest BCUT2D eigenvalue weighted by atomic mass is 9.97. The van der Waals surface area contributed by atoms with Crippen molar-refractivity contribution in [1.29, 1.82) is 0 Å². The number of fused-ring (bicyclic) bond motifs is 9. The molecule has 64 heavy (non-hydrogen) atoms. The van der Waals surface area contributed by atoms with Crippen LogP contribution in [0.4, 0.5) is 0 Å². The molecule has 0 radical (unpaired) electrons. The molecule has 10 aromatic carbocycles. The third-order valence-corrected chi connectivity index (χ3v) is 13.2. The molecule has 0 unspecified atom stereocenters. The average molecular weight is 818 g/mol. The van der Waals surface area contributed by atoms with Crippen molar-refractivity contribution in [2.45, 2.75) is 0 Å². The van der Waals surface area contributed by atoms with E-state index in [-0.39, 0.29) is 5.75 Å². The van der Waals surface area contributed by atoms with Crippen molar-refractivity contribution in [2.75, 3.05) is 0 Å². The molecular formula is C60H39N3O. The van der Waals surface area contributed by atoms with Gasteiger partial charge in [-0.3, -0.25) is 0 Å². The van der Waals surface area contributed by atoms with E-state index < -0.39 is 0 Å². The molecule has 13 rings (SSSR count). The van der Waals surface area contributed by atoms with Crippen LogP contribution in [0.3, 0.4) is 0 Å². The maximum Gasteiger partial charge on any atom is 0.131 e. The predicted molar refractivity (Wildman–Crippen MR) is 268 cm³/mol. The van der Waals surface area contributed by atoms with Gasteiger partial charge in [0.05, 0.1) is 22.1 Å². The third kappa shape index (κ3) is 5.63. The summed E-state index contributed by atoms with van der Waals surface area (Å²) in [5.74, 6) is 0.281. The number of nitrogens with one attached hydrogen (secondary N) is 1. The van der Waals surface area contributed by atoms with Crippen molar-refractivity contribution < 1.29 is 5.11 Å². The Morgan fingerprint density at radius 2 is 0.750 bits per heavy atom. The number of hydrogen-bond donors (Lipinski definition) is 2. The van der Waals surface area contributed by atoms with Crippen LogP contribution < -0.4 is 0 Å². The van der Waals surface area contributed by atoms with E-state index >= 15 is 0 Å². The van der Waals surface area contributed by atoms with Gasteiger partial charge in [0.15, 0.2) is 0 Å². The van der Waals surface area contributed by atoms with E-state index in [0.717, 1.165) is 66.8 Å². The second-order valence-corrected chi connectivity index (χ2v) is 16.8. The van der Waals surface area contributed by atoms with Crippen molar-refractivity contribution in [3.05, 3.63) is 224 Å². The molecule has 4 heteroatoms. The fraction of sp³-hybridized carbons (Fsp3) is 0. The molecule has 0 atom stereocenters. The number of aromatic nitrogens is 3. The van der Waals surface area contributed by atoms with Crippen molar-refractivity contribution in [1.82, 2.24) is 14.1 Å². The lowest BCUT2D eigenvalue weighted by Crippen LogP contribution is -1.95. The van der Waals surface area contributed by atoms with Crippen LogP contribution in [0, 0.1) is 0 Å². The SMILES string of the molecule is Oc1c(-c2ccccc2)cccc1-c1ccc(-n2c3cc(-c4ccc5[nH]c6ccccc6c5c4)ccc3c3ccc(-c4ccc5c(c4)c4ccccc4n5-c4ccccc4)cc32)cc1. The van der Waals surface area contributed by atoms with E-state index in [1.165, 1.54) is 54.5 Å². The fourth-order valence-electron chi connectivity index (χ4n) is 10.1. The van der Waals surface area contributed by atoms with Gasteiger partial charge in [-0.15, -0.1) is 0 Å². The maximum atomic E-state index is 11.6. The second kappa shape index (κ2) is 14.2. The standard InChI is InChI=1S/C60H39N3O/c64-60-46(38-12-3-1-4-13-38)18-11-19-47(60)39-22-28-45(29-23-39)63-58-36-42(40-26-32-55-52(34-40)48-16-7-9-20-54(48)61-55)24-30-50(58)51-31-25-43(37-59(51)63)41-27-33-57-53(35-41)49-17-8-10-21-56(49)62(57)44-14-5-2-6-15-44/h1-37,61,64H. The van der Waals surface area contributed by atoms with Crippen LogP contribution in [0.5, 0.6) is 5.75 Å². The van der Waals surface area contributed by atoms with Gasteiger partial charge in [0, 0.05) is 65.9 Å². The van der Waals surface area contributed by atoms with Crippen LogP contribution >= 0.6 is 0 Å². The summed E-state index contributed by atoms with van der Waals surface area (Å²) in [6.45, 7) is 0. The lowest BCUT2D eigenvalue weighted by molar-refractivity contribution is 0.479. The zero-order valence-electron chi connectivity index (χ0n) is 34.7. The highest BCUT2D eigenvalue weighted by atomic mass is 16.3. The van der Waals surface area contributed by atoms with Crippen LogP contribution in [0.2, 0.25) is 0 Å². The van der Waals surface area contributed by atoms with Gasteiger partial charge in [-0.05, 0) is 106 Å². The third-order valence-electron chi connectivity index (χ3n) is 13.2. The minimum atomic E-state index is 0.281. The Morgan fingerprint density at radius 1 is 0.281 bits per heavy atom. The molecular weight excluding hydrogens is 779 g/mol. The summed E-state index contributed by atoms with van der Waals surface area (Å²) in [5.41, 5.74) is 17.3. The van der Waals surface area contributed by atoms with E-state index in [2.05, 4.69) is 190 Å². The van der Waals surface area contributed by atoms with E-state index in [1.54, 1.807) is 0 Å². The quantitative estimate of drug-likeness (QED) is 0.172. The van der Waals surface area contributed by atoms with E-state index in [0.29, 0.717) is 0 Å². The van der Waals surface area contributed by atoms with E-state index in [1.807, 2.05) is 48.5 Å². The molecule has 0 saturated heterocycles. The number of benzene rings is 10. The number of phenolic OH excluding ortho intramolecular Hbond substituents is 1. The Balaban J connectivity index is 0.990. The van der Waals surface area contributed by atoms with Crippen LogP contribution in [-0.4, -0.2) is 19.2 Å². The molecule has 300 valence electrons. The number of nitrogens with zero attached hydrogens (tertiary/aromatic N) is 2. The Morgan fingerprint density at radius 3 is 1.47 bits per heavy atom. The summed E-state index contributed by atoms with van der Waals surface area (Å²) in [4.78, 5) is 3.59. The molecule has 0 spiro atoms. The Labute approximate surface area is 369 Å². The van der Waals surface area contributed by atoms with Gasteiger partial charge in [-0.25, -0.2) is 0 Å². The van der Waals surface area contributed by atoms with Gasteiger partial charge in [0.2, 0.25) is 0 Å².